The van der Waals surface area contributed by atoms with E-state index in [1.54, 1.807) is 12.1 Å². The van der Waals surface area contributed by atoms with Gasteiger partial charge in [-0.3, -0.25) is 19.3 Å². The number of imide groups is 1. The van der Waals surface area contributed by atoms with E-state index in [4.69, 9.17) is 4.74 Å². The summed E-state index contributed by atoms with van der Waals surface area (Å²) in [5, 5.41) is 5.64. The standard InChI is InChI=1S/C29H35N3O5/c1-19(25(34)30-23-13-9-8-12-22(23)20-10-6-5-7-11-20)37-24(33)18-32-26(35)29(31-27(32)36)16-14-21(15-17-29)28(2,3)4/h5-13,19,21H,14-18H2,1-4H3,(H,30,34)(H,31,36). The first kappa shape index (κ1) is 26.4. The number of carbonyl (C=O) groups is 4. The molecule has 2 aromatic rings. The van der Waals surface area contributed by atoms with E-state index in [0.717, 1.165) is 28.9 Å². The van der Waals surface area contributed by atoms with Gasteiger partial charge in [-0.2, -0.15) is 0 Å². The summed E-state index contributed by atoms with van der Waals surface area (Å²) < 4.78 is 5.30. The molecule has 0 radical (unpaired) electrons. The molecule has 2 fully saturated rings. The fourth-order valence-corrected chi connectivity index (χ4v) is 5.25. The second-order valence-electron chi connectivity index (χ2n) is 11.1. The van der Waals surface area contributed by atoms with Crippen LogP contribution in [-0.2, 0) is 19.1 Å². The molecule has 1 unspecified atom stereocenters. The first-order chi connectivity index (χ1) is 17.5. The van der Waals surface area contributed by atoms with Gasteiger partial charge in [0.2, 0.25) is 0 Å². The Kier molecular flexibility index (Phi) is 7.39. The van der Waals surface area contributed by atoms with Crippen LogP contribution in [0.15, 0.2) is 54.6 Å². The summed E-state index contributed by atoms with van der Waals surface area (Å²) in [7, 11) is 0. The number of ether oxygens (including phenoxy) is 1. The summed E-state index contributed by atoms with van der Waals surface area (Å²) in [4.78, 5) is 52.1. The molecular weight excluding hydrogens is 470 g/mol. The fraction of sp³-hybridized carbons (Fsp3) is 0.448. The lowest BCUT2D eigenvalue weighted by Crippen LogP contribution is -2.50. The number of hydrogen-bond acceptors (Lipinski definition) is 5. The lowest BCUT2D eigenvalue weighted by molar-refractivity contribution is -0.155. The zero-order chi connectivity index (χ0) is 26.8. The Balaban J connectivity index is 1.34. The molecule has 2 N–H and O–H groups in total. The van der Waals surface area contributed by atoms with Gasteiger partial charge in [0, 0.05) is 11.3 Å². The number of nitrogens with one attached hydrogen (secondary N) is 2. The zero-order valence-corrected chi connectivity index (χ0v) is 21.9. The minimum atomic E-state index is -1.12. The van der Waals surface area contributed by atoms with E-state index in [1.165, 1.54) is 6.92 Å². The van der Waals surface area contributed by atoms with E-state index in [9.17, 15) is 19.2 Å². The van der Waals surface area contributed by atoms with Gasteiger partial charge in [-0.1, -0.05) is 69.3 Å². The van der Waals surface area contributed by atoms with Crippen molar-refractivity contribution < 1.29 is 23.9 Å². The van der Waals surface area contributed by atoms with Gasteiger partial charge in [0.05, 0.1) is 0 Å². The minimum Gasteiger partial charge on any atom is -0.451 e. The number of para-hydroxylation sites is 1. The van der Waals surface area contributed by atoms with Crippen molar-refractivity contribution in [3.8, 4) is 11.1 Å². The third kappa shape index (κ3) is 5.68. The summed E-state index contributed by atoms with van der Waals surface area (Å²) in [6.45, 7) is 7.48. The van der Waals surface area contributed by atoms with Crippen molar-refractivity contribution in [2.24, 2.45) is 11.3 Å². The molecule has 4 rings (SSSR count). The number of anilines is 1. The van der Waals surface area contributed by atoms with Crippen LogP contribution >= 0.6 is 0 Å². The highest BCUT2D eigenvalue weighted by molar-refractivity contribution is 6.09. The van der Waals surface area contributed by atoms with Gasteiger partial charge in [-0.05, 0) is 55.6 Å². The molecule has 196 valence electrons. The number of carbonyl (C=O) groups excluding carboxylic acids is 4. The fourth-order valence-electron chi connectivity index (χ4n) is 5.25. The van der Waals surface area contributed by atoms with Crippen LogP contribution in [0.1, 0.15) is 53.4 Å². The first-order valence-corrected chi connectivity index (χ1v) is 12.8. The van der Waals surface area contributed by atoms with Gasteiger partial charge in [-0.25, -0.2) is 4.79 Å². The molecule has 2 aromatic carbocycles. The Hall–Kier alpha value is -3.68. The number of rotatable bonds is 6. The number of urea groups is 1. The summed E-state index contributed by atoms with van der Waals surface area (Å²) in [5.74, 6) is -1.25. The van der Waals surface area contributed by atoms with E-state index in [2.05, 4.69) is 31.4 Å². The highest BCUT2D eigenvalue weighted by Crippen LogP contribution is 2.43. The maximum atomic E-state index is 13.2. The van der Waals surface area contributed by atoms with Crippen LogP contribution in [0, 0.1) is 11.3 Å². The van der Waals surface area contributed by atoms with Crippen LogP contribution in [0.5, 0.6) is 0 Å². The molecule has 1 saturated heterocycles. The molecule has 8 nitrogen and oxygen atoms in total. The van der Waals surface area contributed by atoms with Crippen LogP contribution in [-0.4, -0.2) is 46.9 Å². The molecule has 1 atom stereocenters. The Labute approximate surface area is 217 Å². The van der Waals surface area contributed by atoms with E-state index in [-0.39, 0.29) is 5.41 Å². The molecular formula is C29H35N3O5. The van der Waals surface area contributed by atoms with E-state index in [1.807, 2.05) is 42.5 Å². The smallest absolute Gasteiger partial charge is 0.327 e. The molecule has 1 aliphatic heterocycles. The number of amides is 4. The van der Waals surface area contributed by atoms with Crippen molar-refractivity contribution in [3.05, 3.63) is 54.6 Å². The summed E-state index contributed by atoms with van der Waals surface area (Å²) in [6, 6.07) is 16.4. The normalized spacial score (nSPS) is 22.5. The van der Waals surface area contributed by atoms with Crippen molar-refractivity contribution >= 4 is 29.5 Å². The number of esters is 1. The van der Waals surface area contributed by atoms with Crippen molar-refractivity contribution in [2.75, 3.05) is 11.9 Å². The number of benzene rings is 2. The third-order valence-electron chi connectivity index (χ3n) is 7.54. The molecule has 0 aromatic heterocycles. The van der Waals surface area contributed by atoms with Crippen LogP contribution < -0.4 is 10.6 Å². The summed E-state index contributed by atoms with van der Waals surface area (Å²) in [6.07, 6.45) is 1.63. The predicted octanol–water partition coefficient (Wildman–Crippen LogP) is 4.75. The lowest BCUT2D eigenvalue weighted by Gasteiger charge is -2.40. The van der Waals surface area contributed by atoms with Gasteiger partial charge in [0.25, 0.3) is 11.8 Å². The molecule has 2 aliphatic rings. The SMILES string of the molecule is CC(OC(=O)CN1C(=O)NC2(CCC(C(C)(C)C)CC2)C1=O)C(=O)Nc1ccccc1-c1ccccc1. The van der Waals surface area contributed by atoms with Crippen LogP contribution in [0.3, 0.4) is 0 Å². The van der Waals surface area contributed by atoms with E-state index in [0.29, 0.717) is 24.4 Å². The topological polar surface area (TPSA) is 105 Å². The van der Waals surface area contributed by atoms with Crippen molar-refractivity contribution in [1.29, 1.82) is 0 Å². The minimum absolute atomic E-state index is 0.134. The summed E-state index contributed by atoms with van der Waals surface area (Å²) in [5.41, 5.74) is 1.54. The monoisotopic (exact) mass is 505 g/mol. The van der Waals surface area contributed by atoms with Gasteiger partial charge in [-0.15, -0.1) is 0 Å². The largest absolute Gasteiger partial charge is 0.451 e. The molecule has 4 amide bonds. The second-order valence-corrected chi connectivity index (χ2v) is 11.1. The van der Waals surface area contributed by atoms with E-state index < -0.39 is 42.0 Å². The Morgan fingerprint density at radius 1 is 1.05 bits per heavy atom. The molecule has 8 heteroatoms. The first-order valence-electron chi connectivity index (χ1n) is 12.8. The zero-order valence-electron chi connectivity index (χ0n) is 21.9. The second kappa shape index (κ2) is 10.4. The highest BCUT2D eigenvalue weighted by Gasteiger charge is 2.53. The molecule has 1 spiro atoms. The quantitative estimate of drug-likeness (QED) is 0.435. The maximum Gasteiger partial charge on any atom is 0.327 e. The number of nitrogens with zero attached hydrogens (tertiary/aromatic N) is 1. The molecule has 37 heavy (non-hydrogen) atoms. The van der Waals surface area contributed by atoms with Crippen molar-refractivity contribution in [2.45, 2.75) is 65.0 Å². The molecule has 0 bridgehead atoms. The van der Waals surface area contributed by atoms with Gasteiger partial charge < -0.3 is 15.4 Å². The Morgan fingerprint density at radius 3 is 2.32 bits per heavy atom. The summed E-state index contributed by atoms with van der Waals surface area (Å²) >= 11 is 0. The Bertz CT molecular complexity index is 1180. The average Bonchev–Trinajstić information content (AvgIpc) is 3.08. The predicted molar refractivity (Wildman–Crippen MR) is 140 cm³/mol. The van der Waals surface area contributed by atoms with Gasteiger partial charge >= 0.3 is 12.0 Å². The van der Waals surface area contributed by atoms with Crippen molar-refractivity contribution in [1.82, 2.24) is 10.2 Å². The molecule has 1 saturated carbocycles. The van der Waals surface area contributed by atoms with E-state index >= 15 is 0 Å². The lowest BCUT2D eigenvalue weighted by atomic mass is 9.67. The molecule has 1 aliphatic carbocycles. The van der Waals surface area contributed by atoms with Crippen molar-refractivity contribution in [3.63, 3.8) is 0 Å². The van der Waals surface area contributed by atoms with Crippen LogP contribution in [0.2, 0.25) is 0 Å². The average molecular weight is 506 g/mol. The number of hydrogen-bond donors (Lipinski definition) is 2. The third-order valence-corrected chi connectivity index (χ3v) is 7.54. The van der Waals surface area contributed by atoms with Gasteiger partial charge in [0.15, 0.2) is 6.10 Å². The molecule has 1 heterocycles. The highest BCUT2D eigenvalue weighted by atomic mass is 16.5. The van der Waals surface area contributed by atoms with Gasteiger partial charge in [0.1, 0.15) is 12.1 Å². The Morgan fingerprint density at radius 2 is 1.68 bits per heavy atom. The maximum absolute atomic E-state index is 13.2. The van der Waals surface area contributed by atoms with Crippen LogP contribution in [0.4, 0.5) is 10.5 Å². The van der Waals surface area contributed by atoms with Crippen LogP contribution in [0.25, 0.3) is 11.1 Å².